The summed E-state index contributed by atoms with van der Waals surface area (Å²) in [4.78, 5) is 59.7. The van der Waals surface area contributed by atoms with Crippen molar-refractivity contribution in [1.82, 2.24) is 16.0 Å². The second kappa shape index (κ2) is 17.6. The molecule has 4 unspecified atom stereocenters. The highest BCUT2D eigenvalue weighted by molar-refractivity contribution is 5.94. The third-order valence-electron chi connectivity index (χ3n) is 4.96. The summed E-state index contributed by atoms with van der Waals surface area (Å²) in [5, 5.41) is 34.1. The number of amides is 3. The summed E-state index contributed by atoms with van der Waals surface area (Å²) < 4.78 is 0. The molecule has 0 heterocycles. The van der Waals surface area contributed by atoms with Crippen LogP contribution in [-0.2, 0) is 24.0 Å². The molecular weight excluding hydrogens is 452 g/mol. The minimum atomic E-state index is -1.55. The second-order valence-electron chi connectivity index (χ2n) is 7.81. The van der Waals surface area contributed by atoms with Crippen LogP contribution in [0.2, 0.25) is 0 Å². The van der Waals surface area contributed by atoms with Crippen LogP contribution in [-0.4, -0.2) is 88.8 Å². The zero-order valence-electron chi connectivity index (χ0n) is 19.2. The molecule has 0 saturated heterocycles. The maximum absolute atomic E-state index is 12.9. The van der Waals surface area contributed by atoms with E-state index >= 15 is 0 Å². The first-order valence-electron chi connectivity index (χ1n) is 11.2. The van der Waals surface area contributed by atoms with Crippen LogP contribution in [0, 0.1) is 0 Å². The van der Waals surface area contributed by atoms with Gasteiger partial charge in [-0.1, -0.05) is 0 Å². The fraction of sp³-hybridized carbons (Fsp3) is 0.750. The van der Waals surface area contributed by atoms with Gasteiger partial charge in [-0.25, -0.2) is 4.79 Å². The van der Waals surface area contributed by atoms with Crippen LogP contribution in [0.4, 0.5) is 0 Å². The molecule has 34 heavy (non-hydrogen) atoms. The van der Waals surface area contributed by atoms with Gasteiger partial charge in [-0.3, -0.25) is 19.2 Å². The van der Waals surface area contributed by atoms with Crippen molar-refractivity contribution in [3.63, 3.8) is 0 Å². The predicted octanol–water partition coefficient (Wildman–Crippen LogP) is -3.03. The highest BCUT2D eigenvalue weighted by atomic mass is 16.4. The molecule has 0 saturated carbocycles. The number of carbonyl (C=O) groups excluding carboxylic acids is 3. The molecule has 0 aliphatic carbocycles. The number of carboxylic acids is 2. The molecule has 14 nitrogen and oxygen atoms in total. The van der Waals surface area contributed by atoms with Crippen molar-refractivity contribution in [3.05, 3.63) is 0 Å². The number of hydrogen-bond donors (Lipinski definition) is 9. The smallest absolute Gasteiger partial charge is 0.328 e. The van der Waals surface area contributed by atoms with Crippen molar-refractivity contribution < 1.29 is 39.3 Å². The Labute approximate surface area is 198 Å². The molecule has 4 atom stereocenters. The lowest BCUT2D eigenvalue weighted by Gasteiger charge is -2.25. The van der Waals surface area contributed by atoms with Crippen LogP contribution in [0.1, 0.15) is 51.4 Å². The van der Waals surface area contributed by atoms with Gasteiger partial charge in [-0.15, -0.1) is 0 Å². The molecule has 3 amide bonds. The number of nitrogens with one attached hydrogen (secondary N) is 3. The summed E-state index contributed by atoms with van der Waals surface area (Å²) in [5.41, 5.74) is 16.7. The van der Waals surface area contributed by atoms with E-state index in [-0.39, 0.29) is 25.7 Å². The van der Waals surface area contributed by atoms with E-state index in [1.165, 1.54) is 0 Å². The monoisotopic (exact) mass is 490 g/mol. The number of rotatable bonds is 19. The standard InChI is InChI=1S/C20H38N6O8/c21-9-3-1-5-13(24-17(30)12(23)7-8-16(28)29)18(31)25-14(6-2-4-10-22)19(32)26-15(11-27)20(33)34/h12-15,27H,1-11,21-23H2,(H,24,30)(H,25,31)(H,26,32)(H,28,29)(H,33,34). The van der Waals surface area contributed by atoms with Gasteiger partial charge in [0.1, 0.15) is 18.1 Å². The lowest BCUT2D eigenvalue weighted by Crippen LogP contribution is -2.57. The van der Waals surface area contributed by atoms with E-state index in [2.05, 4.69) is 16.0 Å². The van der Waals surface area contributed by atoms with Gasteiger partial charge >= 0.3 is 11.9 Å². The van der Waals surface area contributed by atoms with Crippen molar-refractivity contribution >= 4 is 29.7 Å². The van der Waals surface area contributed by atoms with E-state index in [0.29, 0.717) is 38.8 Å². The van der Waals surface area contributed by atoms with Gasteiger partial charge in [0.25, 0.3) is 0 Å². The Kier molecular flexibility index (Phi) is 16.2. The van der Waals surface area contributed by atoms with Gasteiger partial charge in [-0.2, -0.15) is 0 Å². The Morgan fingerprint density at radius 3 is 1.50 bits per heavy atom. The van der Waals surface area contributed by atoms with Gasteiger partial charge in [0.05, 0.1) is 12.6 Å². The minimum absolute atomic E-state index is 0.125. The van der Waals surface area contributed by atoms with Crippen molar-refractivity contribution in [2.24, 2.45) is 17.2 Å². The molecular formula is C20H38N6O8. The average molecular weight is 491 g/mol. The molecule has 196 valence electrons. The molecule has 0 spiro atoms. The number of aliphatic carboxylic acids is 2. The first kappa shape index (κ1) is 31.2. The normalized spacial score (nSPS) is 14.4. The Bertz CT molecular complexity index is 677. The summed E-state index contributed by atoms with van der Waals surface area (Å²) in [7, 11) is 0. The summed E-state index contributed by atoms with van der Waals surface area (Å²) in [6.07, 6.45) is 1.95. The molecule has 14 heteroatoms. The third-order valence-corrected chi connectivity index (χ3v) is 4.96. The number of aliphatic hydroxyl groups is 1. The molecule has 0 bridgehead atoms. The molecule has 0 aliphatic rings. The number of aliphatic hydroxyl groups excluding tert-OH is 1. The van der Waals surface area contributed by atoms with E-state index in [9.17, 15) is 24.0 Å². The summed E-state index contributed by atoms with van der Waals surface area (Å²) >= 11 is 0. The fourth-order valence-electron chi connectivity index (χ4n) is 2.94. The van der Waals surface area contributed by atoms with Gasteiger partial charge in [0.15, 0.2) is 0 Å². The quantitative estimate of drug-likeness (QED) is 0.0822. The van der Waals surface area contributed by atoms with Gasteiger partial charge in [0, 0.05) is 6.42 Å². The molecule has 0 aromatic heterocycles. The first-order valence-corrected chi connectivity index (χ1v) is 11.2. The molecule has 0 aliphatic heterocycles. The topological polar surface area (TPSA) is 260 Å². The highest BCUT2D eigenvalue weighted by Crippen LogP contribution is 2.07. The molecule has 0 aromatic rings. The minimum Gasteiger partial charge on any atom is -0.481 e. The zero-order chi connectivity index (χ0) is 26.1. The average Bonchev–Trinajstić information content (AvgIpc) is 2.79. The van der Waals surface area contributed by atoms with Crippen LogP contribution < -0.4 is 33.2 Å². The fourth-order valence-corrected chi connectivity index (χ4v) is 2.94. The van der Waals surface area contributed by atoms with Crippen molar-refractivity contribution in [2.45, 2.75) is 75.5 Å². The highest BCUT2D eigenvalue weighted by Gasteiger charge is 2.29. The Hall–Kier alpha value is -2.81. The van der Waals surface area contributed by atoms with Crippen LogP contribution >= 0.6 is 0 Å². The Morgan fingerprint density at radius 1 is 0.676 bits per heavy atom. The summed E-state index contributed by atoms with van der Waals surface area (Å²) in [6, 6.07) is -4.91. The van der Waals surface area contributed by atoms with Crippen LogP contribution in [0.5, 0.6) is 0 Å². The molecule has 0 fully saturated rings. The van der Waals surface area contributed by atoms with E-state index in [4.69, 9.17) is 32.5 Å². The van der Waals surface area contributed by atoms with Gasteiger partial charge in [0.2, 0.25) is 17.7 Å². The SMILES string of the molecule is NCCCCC(NC(=O)C(N)CCC(=O)O)C(=O)NC(CCCCN)C(=O)NC(CO)C(=O)O. The largest absolute Gasteiger partial charge is 0.481 e. The molecule has 12 N–H and O–H groups in total. The molecule has 0 rings (SSSR count). The number of carbonyl (C=O) groups is 5. The number of carboxylic acid groups (broad SMARTS) is 2. The lowest BCUT2D eigenvalue weighted by molar-refractivity contribution is -0.143. The van der Waals surface area contributed by atoms with Crippen molar-refractivity contribution in [3.8, 4) is 0 Å². The van der Waals surface area contributed by atoms with Gasteiger partial charge in [-0.05, 0) is 58.0 Å². The first-order chi connectivity index (χ1) is 16.1. The van der Waals surface area contributed by atoms with Crippen molar-refractivity contribution in [1.29, 1.82) is 0 Å². The lowest BCUT2D eigenvalue weighted by atomic mass is 10.0. The van der Waals surface area contributed by atoms with E-state index < -0.39 is 60.4 Å². The Balaban J connectivity index is 5.40. The van der Waals surface area contributed by atoms with Crippen LogP contribution in [0.15, 0.2) is 0 Å². The number of nitrogens with two attached hydrogens (primary N) is 3. The Morgan fingerprint density at radius 2 is 1.12 bits per heavy atom. The molecule has 0 aromatic carbocycles. The number of hydrogen-bond acceptors (Lipinski definition) is 9. The summed E-state index contributed by atoms with van der Waals surface area (Å²) in [5.74, 6) is -4.78. The number of unbranched alkanes of at least 4 members (excludes halogenated alkanes) is 2. The van der Waals surface area contributed by atoms with E-state index in [1.54, 1.807) is 0 Å². The second-order valence-corrected chi connectivity index (χ2v) is 7.81. The zero-order valence-corrected chi connectivity index (χ0v) is 19.2. The van der Waals surface area contributed by atoms with E-state index in [1.807, 2.05) is 0 Å². The van der Waals surface area contributed by atoms with E-state index in [0.717, 1.165) is 0 Å². The third kappa shape index (κ3) is 13.0. The molecule has 0 radical (unpaired) electrons. The maximum atomic E-state index is 12.9. The van der Waals surface area contributed by atoms with Crippen molar-refractivity contribution in [2.75, 3.05) is 19.7 Å². The predicted molar refractivity (Wildman–Crippen MR) is 121 cm³/mol. The van der Waals surface area contributed by atoms with Crippen LogP contribution in [0.3, 0.4) is 0 Å². The van der Waals surface area contributed by atoms with Gasteiger partial charge < -0.3 is 48.5 Å². The summed E-state index contributed by atoms with van der Waals surface area (Å²) in [6.45, 7) is -0.124. The van der Waals surface area contributed by atoms with Crippen LogP contribution in [0.25, 0.3) is 0 Å². The maximum Gasteiger partial charge on any atom is 0.328 e.